The largest absolute Gasteiger partial charge is 0.481 e. The molecule has 1 heterocycles. The molecule has 10 nitrogen and oxygen atoms in total. The van der Waals surface area contributed by atoms with Crippen LogP contribution in [0.2, 0.25) is 0 Å². The quantitative estimate of drug-likeness (QED) is 0.123. The lowest BCUT2D eigenvalue weighted by atomic mass is 9.98. The minimum atomic E-state index is -1.05. The van der Waals surface area contributed by atoms with E-state index in [1.165, 1.54) is 6.92 Å². The number of hydrogen-bond acceptors (Lipinski definition) is 6. The van der Waals surface area contributed by atoms with E-state index in [2.05, 4.69) is 26.3 Å². The second-order valence-electron chi connectivity index (χ2n) is 10.7. The molecule has 0 aliphatic rings. The van der Waals surface area contributed by atoms with E-state index >= 15 is 0 Å². The lowest BCUT2D eigenvalue weighted by molar-refractivity contribution is -0.138. The van der Waals surface area contributed by atoms with Crippen LogP contribution in [0.3, 0.4) is 0 Å². The van der Waals surface area contributed by atoms with Crippen molar-refractivity contribution in [2.45, 2.75) is 70.4 Å². The summed E-state index contributed by atoms with van der Waals surface area (Å²) in [7, 11) is 0. The molecule has 44 heavy (non-hydrogen) atoms. The van der Waals surface area contributed by atoms with E-state index in [1.807, 2.05) is 72.8 Å². The number of pyridine rings is 1. The topological polar surface area (TPSA) is 150 Å². The molecular formula is C34H43N5O5. The molecule has 1 aromatic heterocycles. The molecular weight excluding hydrogens is 558 g/mol. The highest BCUT2D eigenvalue weighted by molar-refractivity contribution is 5.88. The van der Waals surface area contributed by atoms with E-state index < -0.39 is 24.0 Å². The molecule has 3 amide bonds. The predicted octanol–water partition coefficient (Wildman–Crippen LogP) is 4.84. The van der Waals surface area contributed by atoms with Gasteiger partial charge in [-0.3, -0.25) is 19.2 Å². The number of carbonyl (C=O) groups is 4. The summed E-state index contributed by atoms with van der Waals surface area (Å²) in [6, 6.07) is 21.3. The summed E-state index contributed by atoms with van der Waals surface area (Å²) in [5, 5.41) is 21.3. The van der Waals surface area contributed by atoms with E-state index in [-0.39, 0.29) is 24.7 Å². The third-order valence-corrected chi connectivity index (χ3v) is 7.11. The molecule has 2 atom stereocenters. The number of rotatable bonds is 19. The first-order valence-electron chi connectivity index (χ1n) is 15.2. The number of anilines is 1. The van der Waals surface area contributed by atoms with E-state index in [1.54, 1.807) is 6.20 Å². The first-order valence-corrected chi connectivity index (χ1v) is 15.2. The number of benzene rings is 2. The molecule has 3 rings (SSSR count). The van der Waals surface area contributed by atoms with Crippen molar-refractivity contribution >= 4 is 29.5 Å². The Hall–Kier alpha value is -4.73. The number of nitrogens with zero attached hydrogens (tertiary/aromatic N) is 1. The van der Waals surface area contributed by atoms with Gasteiger partial charge in [-0.25, -0.2) is 4.98 Å². The first-order chi connectivity index (χ1) is 21.3. The van der Waals surface area contributed by atoms with Crippen molar-refractivity contribution in [2.75, 3.05) is 18.4 Å². The Bertz CT molecular complexity index is 1320. The van der Waals surface area contributed by atoms with Crippen LogP contribution in [0.4, 0.5) is 5.82 Å². The molecule has 0 saturated carbocycles. The van der Waals surface area contributed by atoms with Gasteiger partial charge in [0.05, 0.1) is 12.5 Å². The van der Waals surface area contributed by atoms with Crippen LogP contribution in [0.25, 0.3) is 11.1 Å². The average molecular weight is 602 g/mol. The highest BCUT2D eigenvalue weighted by atomic mass is 16.4. The van der Waals surface area contributed by atoms with Gasteiger partial charge in [-0.05, 0) is 60.9 Å². The number of hydrogen-bond donors (Lipinski definition) is 5. The fraction of sp³-hybridized carbons (Fsp3) is 0.382. The Balaban J connectivity index is 1.57. The van der Waals surface area contributed by atoms with Gasteiger partial charge in [0.2, 0.25) is 17.7 Å². The number of amides is 3. The molecule has 0 radical (unpaired) electrons. The third-order valence-electron chi connectivity index (χ3n) is 7.11. The van der Waals surface area contributed by atoms with Gasteiger partial charge in [-0.15, -0.1) is 0 Å². The molecule has 3 aromatic rings. The standard InChI is InChI=1S/C34H43N5O5/c1-25(40)35-21-10-7-14-29(38-32(41)16-6-3-9-22-36-31-15-8-11-23-37-31)34(44)39-30(24-33(42)43)28-19-17-27(18-20-28)26-12-4-2-5-13-26/h2,4-5,8,11-13,15,17-20,23,29-30H,3,6-7,9-10,14,16,21-22,24H2,1H3,(H,35,40)(H,36,37)(H,38,41)(H,39,44)(H,42,43)/t29-,30?/m0/s1. The highest BCUT2D eigenvalue weighted by Gasteiger charge is 2.25. The average Bonchev–Trinajstić information content (AvgIpc) is 3.02. The molecule has 2 aromatic carbocycles. The molecule has 0 spiro atoms. The van der Waals surface area contributed by atoms with E-state index in [4.69, 9.17) is 0 Å². The number of unbranched alkanes of at least 4 members (excludes halogenated alkanes) is 3. The summed E-state index contributed by atoms with van der Waals surface area (Å²) in [4.78, 5) is 53.4. The number of carboxylic acids is 1. The van der Waals surface area contributed by atoms with Gasteiger partial charge in [0.25, 0.3) is 0 Å². The van der Waals surface area contributed by atoms with Crippen molar-refractivity contribution in [1.82, 2.24) is 20.9 Å². The normalized spacial score (nSPS) is 12.0. The molecule has 0 aliphatic carbocycles. The Morgan fingerprint density at radius 1 is 0.773 bits per heavy atom. The molecule has 1 unspecified atom stereocenters. The van der Waals surface area contributed by atoms with Gasteiger partial charge in [0.15, 0.2) is 0 Å². The minimum Gasteiger partial charge on any atom is -0.481 e. The maximum absolute atomic E-state index is 13.5. The number of nitrogens with one attached hydrogen (secondary N) is 4. The maximum atomic E-state index is 13.5. The SMILES string of the molecule is CC(=O)NCCCC[C@H](NC(=O)CCCCCNc1ccccn1)C(=O)NC(CC(=O)O)c1ccc(-c2ccccc2)cc1. The van der Waals surface area contributed by atoms with E-state index in [9.17, 15) is 24.3 Å². The Labute approximate surface area is 259 Å². The van der Waals surface area contributed by atoms with E-state index in [0.717, 1.165) is 36.3 Å². The summed E-state index contributed by atoms with van der Waals surface area (Å²) >= 11 is 0. The minimum absolute atomic E-state index is 0.127. The molecule has 234 valence electrons. The maximum Gasteiger partial charge on any atom is 0.305 e. The number of aliphatic carboxylic acids is 1. The van der Waals surface area contributed by atoms with Crippen LogP contribution < -0.4 is 21.3 Å². The molecule has 5 N–H and O–H groups in total. The zero-order chi connectivity index (χ0) is 31.6. The van der Waals surface area contributed by atoms with Crippen LogP contribution in [0.5, 0.6) is 0 Å². The fourth-order valence-corrected chi connectivity index (χ4v) is 4.78. The van der Waals surface area contributed by atoms with Gasteiger partial charge in [-0.2, -0.15) is 0 Å². The zero-order valence-corrected chi connectivity index (χ0v) is 25.3. The van der Waals surface area contributed by atoms with Crippen molar-refractivity contribution in [3.63, 3.8) is 0 Å². The second-order valence-corrected chi connectivity index (χ2v) is 10.7. The summed E-state index contributed by atoms with van der Waals surface area (Å²) in [6.45, 7) is 2.66. The molecule has 0 fully saturated rings. The molecule has 0 aliphatic heterocycles. The van der Waals surface area contributed by atoms with Crippen molar-refractivity contribution in [3.05, 3.63) is 84.6 Å². The van der Waals surface area contributed by atoms with Crippen LogP contribution >= 0.6 is 0 Å². The lowest BCUT2D eigenvalue weighted by Gasteiger charge is -2.23. The fourth-order valence-electron chi connectivity index (χ4n) is 4.78. The van der Waals surface area contributed by atoms with Crippen LogP contribution in [-0.4, -0.2) is 52.9 Å². The van der Waals surface area contributed by atoms with Gasteiger partial charge >= 0.3 is 5.97 Å². The van der Waals surface area contributed by atoms with Gasteiger partial charge in [0, 0.05) is 32.6 Å². The number of carboxylic acid groups (broad SMARTS) is 1. The van der Waals surface area contributed by atoms with Gasteiger partial charge in [-0.1, -0.05) is 67.1 Å². The highest BCUT2D eigenvalue weighted by Crippen LogP contribution is 2.24. The number of carbonyl (C=O) groups excluding carboxylic acids is 3. The Morgan fingerprint density at radius 3 is 2.16 bits per heavy atom. The molecule has 0 saturated heterocycles. The lowest BCUT2D eigenvalue weighted by Crippen LogP contribution is -2.48. The Morgan fingerprint density at radius 2 is 1.48 bits per heavy atom. The summed E-state index contributed by atoms with van der Waals surface area (Å²) in [5.74, 6) is -1.03. The second kappa shape index (κ2) is 18.7. The summed E-state index contributed by atoms with van der Waals surface area (Å²) < 4.78 is 0. The van der Waals surface area contributed by atoms with Crippen molar-refractivity contribution in [1.29, 1.82) is 0 Å². The molecule has 0 bridgehead atoms. The zero-order valence-electron chi connectivity index (χ0n) is 25.3. The monoisotopic (exact) mass is 601 g/mol. The smallest absolute Gasteiger partial charge is 0.305 e. The van der Waals surface area contributed by atoms with Gasteiger partial charge in [0.1, 0.15) is 11.9 Å². The van der Waals surface area contributed by atoms with E-state index in [0.29, 0.717) is 37.8 Å². The third kappa shape index (κ3) is 12.6. The van der Waals surface area contributed by atoms with Crippen molar-refractivity contribution in [2.24, 2.45) is 0 Å². The van der Waals surface area contributed by atoms with Gasteiger partial charge < -0.3 is 26.4 Å². The Kier molecular flexibility index (Phi) is 14.4. The van der Waals surface area contributed by atoms with Crippen molar-refractivity contribution < 1.29 is 24.3 Å². The molecule has 10 heteroatoms. The first kappa shape index (κ1) is 33.8. The summed E-state index contributed by atoms with van der Waals surface area (Å²) in [5.41, 5.74) is 2.67. The predicted molar refractivity (Wildman–Crippen MR) is 171 cm³/mol. The number of aromatic nitrogens is 1. The van der Waals surface area contributed by atoms with Crippen LogP contribution in [0.1, 0.15) is 69.9 Å². The van der Waals surface area contributed by atoms with Crippen molar-refractivity contribution in [3.8, 4) is 11.1 Å². The van der Waals surface area contributed by atoms with Crippen LogP contribution in [-0.2, 0) is 19.2 Å². The summed E-state index contributed by atoms with van der Waals surface area (Å²) in [6.07, 6.45) is 5.67. The van der Waals surface area contributed by atoms with Crippen LogP contribution in [0, 0.1) is 0 Å². The van der Waals surface area contributed by atoms with Crippen LogP contribution in [0.15, 0.2) is 79.0 Å².